The second-order valence-electron chi connectivity index (χ2n) is 5.12. The summed E-state index contributed by atoms with van der Waals surface area (Å²) in [5.74, 6) is 1.65. The molecule has 3 heteroatoms. The molecule has 1 aliphatic rings. The van der Waals surface area contributed by atoms with Crippen molar-refractivity contribution in [1.82, 2.24) is 10.6 Å². The van der Waals surface area contributed by atoms with Crippen LogP contribution in [0.15, 0.2) is 0 Å². The SMILES string of the molecule is CNC(=O)[C@@H](C)NC1CC(C)CC(C)C1. The lowest BCUT2D eigenvalue weighted by atomic mass is 9.80. The number of nitrogens with one attached hydrogen (secondary N) is 2. The number of likely N-dealkylation sites (N-methyl/N-ethyl adjacent to an activating group) is 1. The predicted molar refractivity (Wildman–Crippen MR) is 62.6 cm³/mol. The smallest absolute Gasteiger partial charge is 0.236 e. The molecule has 1 fully saturated rings. The minimum Gasteiger partial charge on any atom is -0.358 e. The van der Waals surface area contributed by atoms with Crippen molar-refractivity contribution in [1.29, 1.82) is 0 Å². The third-order valence-electron chi connectivity index (χ3n) is 3.30. The van der Waals surface area contributed by atoms with Crippen molar-refractivity contribution in [3.63, 3.8) is 0 Å². The number of carbonyl (C=O) groups excluding carboxylic acids is 1. The zero-order chi connectivity index (χ0) is 11.4. The first kappa shape index (κ1) is 12.5. The molecule has 2 unspecified atom stereocenters. The minimum absolute atomic E-state index is 0.0718. The Hall–Kier alpha value is -0.570. The largest absolute Gasteiger partial charge is 0.358 e. The third-order valence-corrected chi connectivity index (χ3v) is 3.30. The number of amides is 1. The van der Waals surface area contributed by atoms with Gasteiger partial charge in [0.15, 0.2) is 0 Å². The zero-order valence-electron chi connectivity index (χ0n) is 10.3. The molecule has 0 aliphatic heterocycles. The van der Waals surface area contributed by atoms with Crippen LogP contribution in [0.25, 0.3) is 0 Å². The Morgan fingerprint density at radius 3 is 2.20 bits per heavy atom. The maximum absolute atomic E-state index is 11.4. The van der Waals surface area contributed by atoms with Crippen molar-refractivity contribution in [2.45, 2.75) is 52.1 Å². The van der Waals surface area contributed by atoms with Gasteiger partial charge in [0, 0.05) is 13.1 Å². The predicted octanol–water partition coefficient (Wildman–Crippen LogP) is 1.54. The van der Waals surface area contributed by atoms with Crippen LogP contribution in [-0.2, 0) is 4.79 Å². The highest BCUT2D eigenvalue weighted by Gasteiger charge is 2.25. The molecule has 1 amide bonds. The molecule has 2 N–H and O–H groups in total. The summed E-state index contributed by atoms with van der Waals surface area (Å²) in [5.41, 5.74) is 0. The molecule has 15 heavy (non-hydrogen) atoms. The molecule has 1 saturated carbocycles. The monoisotopic (exact) mass is 212 g/mol. The van der Waals surface area contributed by atoms with E-state index >= 15 is 0 Å². The molecule has 1 aliphatic carbocycles. The van der Waals surface area contributed by atoms with E-state index in [2.05, 4.69) is 24.5 Å². The molecule has 1 rings (SSSR count). The summed E-state index contributed by atoms with van der Waals surface area (Å²) in [6.07, 6.45) is 3.73. The van der Waals surface area contributed by atoms with Gasteiger partial charge in [0.1, 0.15) is 0 Å². The minimum atomic E-state index is -0.0718. The molecule has 3 nitrogen and oxygen atoms in total. The van der Waals surface area contributed by atoms with Crippen molar-refractivity contribution < 1.29 is 4.79 Å². The molecule has 0 bridgehead atoms. The first-order chi connectivity index (χ1) is 7.02. The van der Waals surface area contributed by atoms with E-state index in [9.17, 15) is 4.79 Å². The quantitative estimate of drug-likeness (QED) is 0.745. The summed E-state index contributed by atoms with van der Waals surface area (Å²) in [4.78, 5) is 11.4. The summed E-state index contributed by atoms with van der Waals surface area (Å²) in [7, 11) is 1.69. The van der Waals surface area contributed by atoms with Crippen LogP contribution in [0.4, 0.5) is 0 Å². The molecule has 0 saturated heterocycles. The average Bonchev–Trinajstić information content (AvgIpc) is 2.14. The summed E-state index contributed by atoms with van der Waals surface area (Å²) in [6, 6.07) is 0.438. The highest BCUT2D eigenvalue weighted by Crippen LogP contribution is 2.28. The van der Waals surface area contributed by atoms with Gasteiger partial charge in [-0.3, -0.25) is 4.79 Å². The molecule has 0 aromatic carbocycles. The first-order valence-corrected chi connectivity index (χ1v) is 6.00. The second-order valence-corrected chi connectivity index (χ2v) is 5.12. The number of carbonyl (C=O) groups is 1. The van der Waals surface area contributed by atoms with Crippen molar-refractivity contribution in [3.05, 3.63) is 0 Å². The van der Waals surface area contributed by atoms with Crippen molar-refractivity contribution in [3.8, 4) is 0 Å². The van der Waals surface area contributed by atoms with Crippen molar-refractivity contribution >= 4 is 5.91 Å². The van der Waals surface area contributed by atoms with Gasteiger partial charge in [0.25, 0.3) is 0 Å². The fraction of sp³-hybridized carbons (Fsp3) is 0.917. The van der Waals surface area contributed by atoms with E-state index in [1.807, 2.05) is 6.92 Å². The second kappa shape index (κ2) is 5.50. The lowest BCUT2D eigenvalue weighted by Gasteiger charge is -2.33. The van der Waals surface area contributed by atoms with Crippen LogP contribution in [-0.4, -0.2) is 25.0 Å². The molecule has 0 aromatic heterocycles. The van der Waals surface area contributed by atoms with Crippen LogP contribution in [0.1, 0.15) is 40.0 Å². The van der Waals surface area contributed by atoms with Crippen molar-refractivity contribution in [2.75, 3.05) is 7.05 Å². The molecule has 88 valence electrons. The zero-order valence-corrected chi connectivity index (χ0v) is 10.3. The molecule has 0 heterocycles. The summed E-state index contributed by atoms with van der Waals surface area (Å²) in [6.45, 7) is 6.53. The normalized spacial score (nSPS) is 33.5. The van der Waals surface area contributed by atoms with Crippen LogP contribution in [0.2, 0.25) is 0 Å². The van der Waals surface area contributed by atoms with Gasteiger partial charge in [-0.2, -0.15) is 0 Å². The van der Waals surface area contributed by atoms with Gasteiger partial charge in [-0.25, -0.2) is 0 Å². The number of hydrogen-bond donors (Lipinski definition) is 2. The van der Waals surface area contributed by atoms with Crippen LogP contribution in [0.5, 0.6) is 0 Å². The summed E-state index contributed by atoms with van der Waals surface area (Å²) < 4.78 is 0. The fourth-order valence-corrected chi connectivity index (χ4v) is 2.73. The maximum atomic E-state index is 11.4. The Kier molecular flexibility index (Phi) is 4.58. The number of rotatable bonds is 3. The Morgan fingerprint density at radius 2 is 1.73 bits per heavy atom. The van der Waals surface area contributed by atoms with E-state index in [0.717, 1.165) is 11.8 Å². The van der Waals surface area contributed by atoms with Gasteiger partial charge >= 0.3 is 0 Å². The van der Waals surface area contributed by atoms with Gasteiger partial charge < -0.3 is 10.6 Å². The molecule has 3 atom stereocenters. The van der Waals surface area contributed by atoms with Gasteiger partial charge in [0.05, 0.1) is 6.04 Å². The fourth-order valence-electron chi connectivity index (χ4n) is 2.73. The summed E-state index contributed by atoms with van der Waals surface area (Å²) in [5, 5.41) is 6.09. The summed E-state index contributed by atoms with van der Waals surface area (Å²) >= 11 is 0. The molecular formula is C12H24N2O. The van der Waals surface area contributed by atoms with Crippen LogP contribution >= 0.6 is 0 Å². The molecule has 0 aromatic rings. The maximum Gasteiger partial charge on any atom is 0.236 e. The Labute approximate surface area is 93.0 Å². The highest BCUT2D eigenvalue weighted by molar-refractivity contribution is 5.80. The van der Waals surface area contributed by atoms with Crippen LogP contribution < -0.4 is 10.6 Å². The van der Waals surface area contributed by atoms with E-state index in [1.165, 1.54) is 19.3 Å². The molecular weight excluding hydrogens is 188 g/mol. The van der Waals surface area contributed by atoms with E-state index in [4.69, 9.17) is 0 Å². The first-order valence-electron chi connectivity index (χ1n) is 6.00. The number of hydrogen-bond acceptors (Lipinski definition) is 2. The van der Waals surface area contributed by atoms with E-state index < -0.39 is 0 Å². The standard InChI is InChI=1S/C12H24N2O/c1-8-5-9(2)7-11(6-8)14-10(3)12(15)13-4/h8-11,14H,5-7H2,1-4H3,(H,13,15)/t8?,9?,10-,11?/m1/s1. The highest BCUT2D eigenvalue weighted by atomic mass is 16.2. The van der Waals surface area contributed by atoms with E-state index in [0.29, 0.717) is 6.04 Å². The average molecular weight is 212 g/mol. The van der Waals surface area contributed by atoms with E-state index in [1.54, 1.807) is 7.05 Å². The molecule has 0 radical (unpaired) electrons. The van der Waals surface area contributed by atoms with Gasteiger partial charge in [-0.05, 0) is 38.0 Å². The van der Waals surface area contributed by atoms with Crippen LogP contribution in [0, 0.1) is 11.8 Å². The van der Waals surface area contributed by atoms with Crippen molar-refractivity contribution in [2.24, 2.45) is 11.8 Å². The van der Waals surface area contributed by atoms with Crippen LogP contribution in [0.3, 0.4) is 0 Å². The van der Waals surface area contributed by atoms with E-state index in [-0.39, 0.29) is 11.9 Å². The lowest BCUT2D eigenvalue weighted by Crippen LogP contribution is -2.47. The van der Waals surface area contributed by atoms with Gasteiger partial charge in [-0.15, -0.1) is 0 Å². The van der Waals surface area contributed by atoms with Gasteiger partial charge in [-0.1, -0.05) is 13.8 Å². The third kappa shape index (κ3) is 3.82. The topological polar surface area (TPSA) is 41.1 Å². The van der Waals surface area contributed by atoms with Gasteiger partial charge in [0.2, 0.25) is 5.91 Å². The lowest BCUT2D eigenvalue weighted by molar-refractivity contribution is -0.122. The Balaban J connectivity index is 2.40. The molecule has 0 spiro atoms. The Morgan fingerprint density at radius 1 is 1.20 bits per heavy atom. The Bertz CT molecular complexity index is 208.